The lowest BCUT2D eigenvalue weighted by Gasteiger charge is -2.32. The van der Waals surface area contributed by atoms with Gasteiger partial charge in [-0.1, -0.05) is 48.0 Å². The largest absolute Gasteiger partial charge is 0.623 e. The Hall–Kier alpha value is -2.46. The molecule has 23 heavy (non-hydrogen) atoms. The topological polar surface area (TPSA) is 63.4 Å². The van der Waals surface area contributed by atoms with Crippen LogP contribution in [-0.2, 0) is 10.4 Å². The summed E-state index contributed by atoms with van der Waals surface area (Å²) < 4.78 is 0.646. The van der Waals surface area contributed by atoms with E-state index in [4.69, 9.17) is 0 Å². The van der Waals surface area contributed by atoms with Crippen LogP contribution < -0.4 is 0 Å². The van der Waals surface area contributed by atoms with Gasteiger partial charge in [0.15, 0.2) is 0 Å². The number of hydroxylamine groups is 1. The third-order valence-corrected chi connectivity index (χ3v) is 4.66. The number of ketones is 1. The summed E-state index contributed by atoms with van der Waals surface area (Å²) in [5.41, 5.74) is -1.19. The molecule has 0 radical (unpaired) electrons. The molecule has 1 heterocycles. The third-order valence-electron chi connectivity index (χ3n) is 4.66. The van der Waals surface area contributed by atoms with Crippen LogP contribution in [0, 0.1) is 12.1 Å². The number of hydrogen-bond donors (Lipinski definition) is 1. The monoisotopic (exact) mass is 309 g/mol. The van der Waals surface area contributed by atoms with Crippen LogP contribution >= 0.6 is 0 Å². The van der Waals surface area contributed by atoms with E-state index in [0.717, 1.165) is 5.56 Å². The van der Waals surface area contributed by atoms with Gasteiger partial charge in [-0.3, -0.25) is 4.79 Å². The molecule has 0 saturated heterocycles. The Kier molecular flexibility index (Phi) is 3.38. The molecule has 1 aliphatic rings. The Morgan fingerprint density at radius 1 is 1.00 bits per heavy atom. The minimum atomic E-state index is -1.88. The first-order valence-corrected chi connectivity index (χ1v) is 7.54. The molecule has 1 N–H and O–H groups in total. The third kappa shape index (κ3) is 2.02. The van der Waals surface area contributed by atoms with Crippen molar-refractivity contribution >= 4 is 11.5 Å². The lowest BCUT2D eigenvalue weighted by molar-refractivity contribution is -0.553. The van der Waals surface area contributed by atoms with E-state index in [2.05, 4.69) is 0 Å². The quantitative estimate of drug-likeness (QED) is 0.685. The van der Waals surface area contributed by atoms with E-state index in [-0.39, 0.29) is 5.71 Å². The summed E-state index contributed by atoms with van der Waals surface area (Å²) in [5.74, 6) is -0.562. The number of nitrogens with zero attached hydrogens (tertiary/aromatic N) is 1. The lowest BCUT2D eigenvalue weighted by atomic mass is 9.76. The van der Waals surface area contributed by atoms with Crippen LogP contribution in [0.4, 0.5) is 0 Å². The van der Waals surface area contributed by atoms with E-state index >= 15 is 0 Å². The van der Waals surface area contributed by atoms with E-state index in [1.54, 1.807) is 56.3 Å². The molecular weight excluding hydrogens is 290 g/mol. The number of aryl methyl sites for hydroxylation is 1. The minimum Gasteiger partial charge on any atom is -0.623 e. The highest BCUT2D eigenvalue weighted by molar-refractivity contribution is 6.48. The van der Waals surface area contributed by atoms with Gasteiger partial charge >= 0.3 is 0 Å². The molecule has 0 spiro atoms. The maximum atomic E-state index is 13.0. The van der Waals surface area contributed by atoms with Gasteiger partial charge in [0.1, 0.15) is 0 Å². The highest BCUT2D eigenvalue weighted by Crippen LogP contribution is 2.41. The zero-order chi connectivity index (χ0) is 16.8. The van der Waals surface area contributed by atoms with Crippen molar-refractivity contribution in [2.24, 2.45) is 0 Å². The normalized spacial score (nSPS) is 23.4. The van der Waals surface area contributed by atoms with Crippen molar-refractivity contribution < 1.29 is 14.6 Å². The van der Waals surface area contributed by atoms with Gasteiger partial charge in [-0.25, -0.2) is 0 Å². The molecule has 4 nitrogen and oxygen atoms in total. The van der Waals surface area contributed by atoms with Crippen LogP contribution in [0.25, 0.3) is 0 Å². The summed E-state index contributed by atoms with van der Waals surface area (Å²) in [4.78, 5) is 13.0. The fourth-order valence-electron chi connectivity index (χ4n) is 3.09. The van der Waals surface area contributed by atoms with Crippen molar-refractivity contribution in [1.29, 1.82) is 0 Å². The molecule has 0 amide bonds. The molecule has 1 atom stereocenters. The lowest BCUT2D eigenvalue weighted by Crippen LogP contribution is -2.52. The number of Topliss-reactive ketones (excluding diaryl/α,β-unsaturated/α-hetero) is 1. The smallest absolute Gasteiger partial charge is 0.271 e. The van der Waals surface area contributed by atoms with Crippen molar-refractivity contribution in [2.45, 2.75) is 31.9 Å². The second kappa shape index (κ2) is 5.03. The fourth-order valence-corrected chi connectivity index (χ4v) is 3.09. The summed E-state index contributed by atoms with van der Waals surface area (Å²) in [6.07, 6.45) is 0. The highest BCUT2D eigenvalue weighted by atomic mass is 16.5. The predicted octanol–water partition coefficient (Wildman–Crippen LogP) is 2.54. The first kappa shape index (κ1) is 15.4. The maximum absolute atomic E-state index is 13.0. The van der Waals surface area contributed by atoms with Crippen LogP contribution in [0.5, 0.6) is 0 Å². The molecule has 0 aliphatic carbocycles. The molecule has 4 heteroatoms. The highest BCUT2D eigenvalue weighted by Gasteiger charge is 2.65. The van der Waals surface area contributed by atoms with Crippen molar-refractivity contribution in [2.75, 3.05) is 0 Å². The molecule has 2 aromatic carbocycles. The minimum absolute atomic E-state index is 0.00125. The average molecular weight is 309 g/mol. The van der Waals surface area contributed by atoms with Gasteiger partial charge in [0, 0.05) is 13.8 Å². The van der Waals surface area contributed by atoms with Crippen LogP contribution in [0.2, 0.25) is 0 Å². The number of hydrogen-bond acceptors (Lipinski definition) is 3. The molecule has 0 bridgehead atoms. The molecule has 0 saturated carbocycles. The number of rotatable bonds is 2. The van der Waals surface area contributed by atoms with Gasteiger partial charge in [-0.15, -0.1) is 0 Å². The van der Waals surface area contributed by atoms with Gasteiger partial charge in [0.25, 0.3) is 11.5 Å². The van der Waals surface area contributed by atoms with Gasteiger partial charge in [0.05, 0.1) is 5.56 Å². The van der Waals surface area contributed by atoms with Gasteiger partial charge in [-0.05, 0) is 24.6 Å². The molecule has 118 valence electrons. The molecule has 1 aliphatic heterocycles. The van der Waals surface area contributed by atoms with Gasteiger partial charge < -0.3 is 10.3 Å². The van der Waals surface area contributed by atoms with Crippen LogP contribution in [0.15, 0.2) is 54.6 Å². The number of aliphatic hydroxyl groups is 1. The molecule has 2 aromatic rings. The van der Waals surface area contributed by atoms with Crippen LogP contribution in [-0.4, -0.2) is 26.9 Å². The molecule has 1 unspecified atom stereocenters. The van der Waals surface area contributed by atoms with Crippen molar-refractivity contribution in [3.63, 3.8) is 0 Å². The number of carbonyl (C=O) groups is 1. The average Bonchev–Trinajstić information content (AvgIpc) is 2.68. The zero-order valence-corrected chi connectivity index (χ0v) is 13.4. The fraction of sp³-hybridized carbons (Fsp3) is 0.263. The van der Waals surface area contributed by atoms with E-state index in [0.29, 0.717) is 15.9 Å². The molecular formula is C19H19NO3. The Morgan fingerprint density at radius 3 is 2.13 bits per heavy atom. The van der Waals surface area contributed by atoms with Crippen molar-refractivity contribution in [3.8, 4) is 0 Å². The Morgan fingerprint density at radius 2 is 1.57 bits per heavy atom. The van der Waals surface area contributed by atoms with E-state index in [1.165, 1.54) is 0 Å². The summed E-state index contributed by atoms with van der Waals surface area (Å²) in [7, 11) is 0. The predicted molar refractivity (Wildman–Crippen MR) is 88.3 cm³/mol. The SMILES string of the molecule is Cc1ccc(C2=[N+]([O-])C(C)(C)C(O)(c3ccccc3)C2=O)cc1. The van der Waals surface area contributed by atoms with Crippen molar-refractivity contribution in [1.82, 2.24) is 0 Å². The number of carbonyl (C=O) groups excluding carboxylic acids is 1. The maximum Gasteiger partial charge on any atom is 0.271 e. The Labute approximate surface area is 135 Å². The van der Waals surface area contributed by atoms with E-state index in [9.17, 15) is 15.1 Å². The standard InChI is InChI=1S/C19H19NO3/c1-13-9-11-14(12-10-13)16-17(21)19(22,18(2,3)20(16)23)15-7-5-4-6-8-15/h4-12,22H,1-3H3. The molecule has 0 fully saturated rings. The Bertz CT molecular complexity index is 791. The second-order valence-corrected chi connectivity index (χ2v) is 6.47. The van der Waals surface area contributed by atoms with Crippen LogP contribution in [0.1, 0.15) is 30.5 Å². The summed E-state index contributed by atoms with van der Waals surface area (Å²) in [6.45, 7) is 5.11. The zero-order valence-electron chi connectivity index (χ0n) is 13.4. The van der Waals surface area contributed by atoms with Crippen molar-refractivity contribution in [3.05, 3.63) is 76.5 Å². The van der Waals surface area contributed by atoms with E-state index in [1.807, 2.05) is 19.1 Å². The summed E-state index contributed by atoms with van der Waals surface area (Å²) in [5, 5.41) is 24.0. The van der Waals surface area contributed by atoms with Gasteiger partial charge in [-0.2, -0.15) is 4.74 Å². The van der Waals surface area contributed by atoms with Gasteiger partial charge in [0.2, 0.25) is 11.1 Å². The first-order valence-electron chi connectivity index (χ1n) is 7.54. The van der Waals surface area contributed by atoms with E-state index < -0.39 is 16.9 Å². The summed E-state index contributed by atoms with van der Waals surface area (Å²) in [6, 6.07) is 15.8. The summed E-state index contributed by atoms with van der Waals surface area (Å²) >= 11 is 0. The molecule has 0 aromatic heterocycles. The second-order valence-electron chi connectivity index (χ2n) is 6.47. The number of benzene rings is 2. The first-order chi connectivity index (χ1) is 10.8. The van der Waals surface area contributed by atoms with Crippen LogP contribution in [0.3, 0.4) is 0 Å². The molecule has 3 rings (SSSR count). The Balaban J connectivity index is 2.19.